The fourth-order valence-electron chi connectivity index (χ4n) is 3.15. The van der Waals surface area contributed by atoms with E-state index in [2.05, 4.69) is 58.3 Å². The SMILES string of the molecule is C1=[Si]c2[nH]nc3c4ccccc4c4cccc1c4c23. The van der Waals surface area contributed by atoms with Gasteiger partial charge in [0.2, 0.25) is 0 Å². The first-order chi connectivity index (χ1) is 9.43. The average Bonchev–Trinajstić information content (AvgIpc) is 2.91. The van der Waals surface area contributed by atoms with Gasteiger partial charge in [0, 0.05) is 21.5 Å². The second-order valence-electron chi connectivity index (χ2n) is 4.93. The zero-order valence-corrected chi connectivity index (χ0v) is 11.1. The summed E-state index contributed by atoms with van der Waals surface area (Å²) in [6.07, 6.45) is 0. The molecule has 1 aliphatic rings. The van der Waals surface area contributed by atoms with Crippen molar-refractivity contribution in [3.05, 3.63) is 48.0 Å². The number of rotatable bonds is 0. The Balaban J connectivity index is 2.29. The highest BCUT2D eigenvalue weighted by Crippen LogP contribution is 2.34. The van der Waals surface area contributed by atoms with Crippen LogP contribution in [0.5, 0.6) is 0 Å². The van der Waals surface area contributed by atoms with Crippen molar-refractivity contribution in [2.75, 3.05) is 0 Å². The zero-order valence-electron chi connectivity index (χ0n) is 10.1. The standard InChI is InChI=1S/C16H9N2Si/c1-2-6-12-10(5-1)11-7-3-4-9-8-19-16-14(13(9)11)15(12)17-18-16/h1-8H,(H,17,18). The molecule has 0 atom stereocenters. The number of nitrogens with one attached hydrogen (secondary N) is 1. The molecule has 0 saturated carbocycles. The highest BCUT2D eigenvalue weighted by Gasteiger charge is 2.17. The Hall–Kier alpha value is -2.26. The normalized spacial score (nSPS) is 13.1. The molecule has 0 amide bonds. The molecule has 19 heavy (non-hydrogen) atoms. The molecule has 0 unspecified atom stereocenters. The molecule has 1 aromatic heterocycles. The molecule has 1 aliphatic heterocycles. The van der Waals surface area contributed by atoms with Gasteiger partial charge < -0.3 is 0 Å². The third-order valence-corrected chi connectivity index (χ3v) is 5.06. The summed E-state index contributed by atoms with van der Waals surface area (Å²) in [7, 11) is 0.685. The van der Waals surface area contributed by atoms with Crippen LogP contribution in [0, 0.1) is 0 Å². The Kier molecular flexibility index (Phi) is 1.62. The summed E-state index contributed by atoms with van der Waals surface area (Å²) in [6.45, 7) is 0. The minimum absolute atomic E-state index is 0.685. The lowest BCUT2D eigenvalue weighted by atomic mass is 9.95. The number of hydrogen-bond donors (Lipinski definition) is 1. The third kappa shape index (κ3) is 1.07. The lowest BCUT2D eigenvalue weighted by Crippen LogP contribution is -2.15. The van der Waals surface area contributed by atoms with Crippen LogP contribution in [0.1, 0.15) is 5.56 Å². The van der Waals surface area contributed by atoms with E-state index in [1.54, 1.807) is 0 Å². The van der Waals surface area contributed by atoms with E-state index in [1.807, 2.05) is 0 Å². The Morgan fingerprint density at radius 2 is 1.68 bits per heavy atom. The van der Waals surface area contributed by atoms with Gasteiger partial charge in [0.25, 0.3) is 0 Å². The van der Waals surface area contributed by atoms with Gasteiger partial charge in [-0.05, 0) is 16.3 Å². The monoisotopic (exact) mass is 257 g/mol. The summed E-state index contributed by atoms with van der Waals surface area (Å²) < 4.78 is 0. The molecule has 1 radical (unpaired) electrons. The molecule has 87 valence electrons. The Bertz CT molecular complexity index is 1010. The van der Waals surface area contributed by atoms with Crippen LogP contribution >= 0.6 is 0 Å². The number of aromatic nitrogens is 2. The number of H-pyrrole nitrogens is 1. The summed E-state index contributed by atoms with van der Waals surface area (Å²) in [5, 5.41) is 15.6. The number of fused-ring (bicyclic) bond motifs is 3. The highest BCUT2D eigenvalue weighted by atomic mass is 28.2. The predicted octanol–water partition coefficient (Wildman–Crippen LogP) is 2.36. The maximum absolute atomic E-state index is 4.56. The molecule has 3 heteroatoms. The molecule has 0 fully saturated rings. The Morgan fingerprint density at radius 3 is 2.63 bits per heavy atom. The molecule has 0 spiro atoms. The van der Waals surface area contributed by atoms with Crippen LogP contribution in [0.4, 0.5) is 0 Å². The summed E-state index contributed by atoms with van der Waals surface area (Å²) in [5.74, 6) is 0. The van der Waals surface area contributed by atoms with Crippen molar-refractivity contribution in [3.63, 3.8) is 0 Å². The molecule has 0 bridgehead atoms. The van der Waals surface area contributed by atoms with Crippen LogP contribution < -0.4 is 5.32 Å². The predicted molar refractivity (Wildman–Crippen MR) is 81.7 cm³/mol. The van der Waals surface area contributed by atoms with Crippen molar-refractivity contribution in [2.24, 2.45) is 0 Å². The third-order valence-electron chi connectivity index (χ3n) is 3.96. The molecular formula is C16H9N2Si. The largest absolute Gasteiger partial charge is 0.282 e. The van der Waals surface area contributed by atoms with E-state index in [9.17, 15) is 0 Å². The molecule has 0 saturated heterocycles. The van der Waals surface area contributed by atoms with Gasteiger partial charge in [-0.3, -0.25) is 5.10 Å². The molecule has 1 N–H and O–H groups in total. The number of aromatic amines is 1. The quantitative estimate of drug-likeness (QED) is 0.335. The van der Waals surface area contributed by atoms with Crippen molar-refractivity contribution >= 4 is 52.6 Å². The topological polar surface area (TPSA) is 28.7 Å². The summed E-state index contributed by atoms with van der Waals surface area (Å²) in [4.78, 5) is 0. The Labute approximate surface area is 111 Å². The van der Waals surface area contributed by atoms with E-state index in [0.717, 1.165) is 5.52 Å². The fraction of sp³-hybridized carbons (Fsp3) is 0. The van der Waals surface area contributed by atoms with Crippen LogP contribution in [-0.2, 0) is 0 Å². The van der Waals surface area contributed by atoms with Gasteiger partial charge in [0.05, 0.1) is 9.13 Å². The van der Waals surface area contributed by atoms with Gasteiger partial charge in [-0.15, -0.1) is 0 Å². The fourth-order valence-corrected chi connectivity index (χ4v) is 4.20. The molecule has 3 aromatic carbocycles. The van der Waals surface area contributed by atoms with Gasteiger partial charge in [-0.1, -0.05) is 48.1 Å². The molecular weight excluding hydrogens is 248 g/mol. The highest BCUT2D eigenvalue weighted by molar-refractivity contribution is 6.68. The maximum Gasteiger partial charge on any atom is 0.101 e. The van der Waals surface area contributed by atoms with Crippen molar-refractivity contribution in [2.45, 2.75) is 0 Å². The first-order valence-electron chi connectivity index (χ1n) is 6.35. The first kappa shape index (κ1) is 9.64. The van der Waals surface area contributed by atoms with Crippen LogP contribution in [-0.4, -0.2) is 25.0 Å². The van der Waals surface area contributed by atoms with Gasteiger partial charge in [0.15, 0.2) is 0 Å². The molecule has 5 rings (SSSR count). The van der Waals surface area contributed by atoms with Crippen molar-refractivity contribution in [1.82, 2.24) is 10.2 Å². The van der Waals surface area contributed by atoms with Gasteiger partial charge in [0.1, 0.15) is 5.52 Å². The average molecular weight is 257 g/mol. The van der Waals surface area contributed by atoms with Crippen LogP contribution in [0.3, 0.4) is 0 Å². The maximum atomic E-state index is 4.56. The van der Waals surface area contributed by atoms with Crippen LogP contribution in [0.2, 0.25) is 0 Å². The minimum atomic E-state index is 0.685. The lowest BCUT2D eigenvalue weighted by molar-refractivity contribution is 1.15. The van der Waals surface area contributed by atoms with E-state index in [-0.39, 0.29) is 0 Å². The van der Waals surface area contributed by atoms with E-state index in [1.165, 1.54) is 37.8 Å². The summed E-state index contributed by atoms with van der Waals surface area (Å²) in [6, 6.07) is 15.1. The number of nitrogens with zero attached hydrogens (tertiary/aromatic N) is 1. The van der Waals surface area contributed by atoms with E-state index >= 15 is 0 Å². The van der Waals surface area contributed by atoms with Crippen LogP contribution in [0.25, 0.3) is 32.4 Å². The lowest BCUT2D eigenvalue weighted by Gasteiger charge is -2.11. The minimum Gasteiger partial charge on any atom is -0.282 e. The molecule has 0 aliphatic carbocycles. The van der Waals surface area contributed by atoms with Gasteiger partial charge >= 0.3 is 0 Å². The number of benzene rings is 3. The second-order valence-corrected chi connectivity index (χ2v) is 6.00. The van der Waals surface area contributed by atoms with Gasteiger partial charge in [-0.25, -0.2) is 0 Å². The van der Waals surface area contributed by atoms with Crippen molar-refractivity contribution in [3.8, 4) is 0 Å². The number of hydrogen-bond acceptors (Lipinski definition) is 1. The first-order valence-corrected chi connectivity index (χ1v) is 7.42. The second kappa shape index (κ2) is 3.19. The van der Waals surface area contributed by atoms with Crippen LogP contribution in [0.15, 0.2) is 42.5 Å². The molecule has 2 nitrogen and oxygen atoms in total. The van der Waals surface area contributed by atoms with E-state index in [0.29, 0.717) is 9.13 Å². The summed E-state index contributed by atoms with van der Waals surface area (Å²) >= 11 is 0. The Morgan fingerprint density at radius 1 is 0.842 bits per heavy atom. The van der Waals surface area contributed by atoms with E-state index < -0.39 is 0 Å². The zero-order chi connectivity index (χ0) is 12.4. The van der Waals surface area contributed by atoms with Crippen molar-refractivity contribution in [1.29, 1.82) is 0 Å². The van der Waals surface area contributed by atoms with E-state index in [4.69, 9.17) is 0 Å². The molecule has 2 heterocycles. The van der Waals surface area contributed by atoms with Gasteiger partial charge in [-0.2, -0.15) is 5.10 Å². The smallest absolute Gasteiger partial charge is 0.101 e. The molecule has 4 aromatic rings. The summed E-state index contributed by atoms with van der Waals surface area (Å²) in [5.41, 5.74) is 4.78. The van der Waals surface area contributed by atoms with Crippen molar-refractivity contribution < 1.29 is 0 Å².